The van der Waals surface area contributed by atoms with Crippen molar-refractivity contribution in [3.05, 3.63) is 45.1 Å². The lowest BCUT2D eigenvalue weighted by Gasteiger charge is -2.01. The van der Waals surface area contributed by atoms with Gasteiger partial charge in [-0.1, -0.05) is 23.7 Å². The number of benzene rings is 1. The van der Waals surface area contributed by atoms with E-state index >= 15 is 0 Å². The van der Waals surface area contributed by atoms with E-state index in [1.54, 1.807) is 6.07 Å². The summed E-state index contributed by atoms with van der Waals surface area (Å²) in [6.07, 6.45) is 1.23. The van der Waals surface area contributed by atoms with Gasteiger partial charge in [-0.05, 0) is 0 Å². The lowest BCUT2D eigenvalue weighted by molar-refractivity contribution is -0.383. The van der Waals surface area contributed by atoms with Gasteiger partial charge in [-0.15, -0.1) is 0 Å². The molecule has 0 atom stereocenters. The van der Waals surface area contributed by atoms with Crippen LogP contribution in [0.4, 0.5) is 5.69 Å². The second-order valence-electron chi connectivity index (χ2n) is 3.03. The Labute approximate surface area is 95.0 Å². The fourth-order valence-corrected chi connectivity index (χ4v) is 1.64. The number of halogens is 1. The molecule has 1 aromatic heterocycles. The third-order valence-corrected chi connectivity index (χ3v) is 2.53. The second kappa shape index (κ2) is 3.76. The lowest BCUT2D eigenvalue weighted by atomic mass is 10.1. The SMILES string of the molecule is N#Cc1cnc2c([N+](=O)[O-])cccc2c1Cl. The van der Waals surface area contributed by atoms with E-state index in [4.69, 9.17) is 16.9 Å². The highest BCUT2D eigenvalue weighted by molar-refractivity contribution is 6.36. The number of para-hydroxylation sites is 1. The van der Waals surface area contributed by atoms with Gasteiger partial charge >= 0.3 is 0 Å². The minimum absolute atomic E-state index is 0.121. The molecule has 2 rings (SSSR count). The van der Waals surface area contributed by atoms with Crippen molar-refractivity contribution in [3.8, 4) is 6.07 Å². The van der Waals surface area contributed by atoms with E-state index in [1.807, 2.05) is 6.07 Å². The molecule has 78 valence electrons. The number of nitriles is 1. The number of hydrogen-bond acceptors (Lipinski definition) is 4. The molecule has 1 aromatic carbocycles. The third kappa shape index (κ3) is 1.45. The number of hydrogen-bond donors (Lipinski definition) is 0. The van der Waals surface area contributed by atoms with Gasteiger partial charge in [0.2, 0.25) is 0 Å². The van der Waals surface area contributed by atoms with Crippen molar-refractivity contribution in [2.45, 2.75) is 0 Å². The maximum Gasteiger partial charge on any atom is 0.295 e. The number of rotatable bonds is 1. The van der Waals surface area contributed by atoms with Gasteiger partial charge in [-0.2, -0.15) is 5.26 Å². The second-order valence-corrected chi connectivity index (χ2v) is 3.41. The summed E-state index contributed by atoms with van der Waals surface area (Å²) in [5, 5.41) is 20.1. The third-order valence-electron chi connectivity index (χ3n) is 2.13. The van der Waals surface area contributed by atoms with Gasteiger partial charge in [0.05, 0.1) is 15.5 Å². The summed E-state index contributed by atoms with van der Waals surface area (Å²) in [7, 11) is 0. The molecule has 0 fully saturated rings. The Hall–Kier alpha value is -2.19. The molecule has 0 saturated carbocycles. The maximum absolute atomic E-state index is 10.7. The summed E-state index contributed by atoms with van der Waals surface area (Å²) < 4.78 is 0. The average molecular weight is 234 g/mol. The number of aromatic nitrogens is 1. The van der Waals surface area contributed by atoms with E-state index in [1.165, 1.54) is 18.3 Å². The van der Waals surface area contributed by atoms with Gasteiger partial charge in [-0.3, -0.25) is 10.1 Å². The van der Waals surface area contributed by atoms with Crippen molar-refractivity contribution >= 4 is 28.2 Å². The van der Waals surface area contributed by atoms with Gasteiger partial charge in [0, 0.05) is 17.6 Å². The molecule has 0 radical (unpaired) electrons. The number of non-ortho nitro benzene ring substituents is 1. The number of pyridine rings is 1. The van der Waals surface area contributed by atoms with E-state index in [0.717, 1.165) is 0 Å². The Morgan fingerprint density at radius 2 is 2.25 bits per heavy atom. The van der Waals surface area contributed by atoms with Crippen molar-refractivity contribution in [1.29, 1.82) is 5.26 Å². The zero-order valence-electron chi connectivity index (χ0n) is 7.85. The Kier molecular flexibility index (Phi) is 2.43. The van der Waals surface area contributed by atoms with Crippen LogP contribution < -0.4 is 0 Å². The Morgan fingerprint density at radius 3 is 2.88 bits per heavy atom. The standard InChI is InChI=1S/C10H4ClN3O2/c11-9-6(4-12)5-13-10-7(9)2-1-3-8(10)14(15)16/h1-3,5H. The Morgan fingerprint density at radius 1 is 1.50 bits per heavy atom. The molecule has 16 heavy (non-hydrogen) atoms. The molecule has 0 bridgehead atoms. The van der Waals surface area contributed by atoms with Crippen molar-refractivity contribution in [2.75, 3.05) is 0 Å². The molecule has 0 spiro atoms. The molecule has 1 heterocycles. The molecule has 0 unspecified atom stereocenters. The minimum atomic E-state index is -0.530. The summed E-state index contributed by atoms with van der Waals surface area (Å²) in [4.78, 5) is 14.1. The first-order valence-electron chi connectivity index (χ1n) is 4.27. The molecule has 2 aromatic rings. The summed E-state index contributed by atoms with van der Waals surface area (Å²) in [6, 6.07) is 6.32. The summed E-state index contributed by atoms with van der Waals surface area (Å²) in [6.45, 7) is 0. The highest BCUT2D eigenvalue weighted by Gasteiger charge is 2.15. The predicted molar refractivity (Wildman–Crippen MR) is 58.1 cm³/mol. The number of fused-ring (bicyclic) bond motifs is 1. The normalized spacial score (nSPS) is 10.0. The van der Waals surface area contributed by atoms with Crippen LogP contribution in [0.1, 0.15) is 5.56 Å². The molecule has 0 amide bonds. The van der Waals surface area contributed by atoms with Crippen LogP contribution in [0.5, 0.6) is 0 Å². The van der Waals surface area contributed by atoms with Gasteiger partial charge in [-0.25, -0.2) is 4.98 Å². The van der Waals surface area contributed by atoms with E-state index in [-0.39, 0.29) is 21.8 Å². The molecule has 5 nitrogen and oxygen atoms in total. The zero-order valence-corrected chi connectivity index (χ0v) is 8.60. The first-order valence-corrected chi connectivity index (χ1v) is 4.64. The van der Waals surface area contributed by atoms with E-state index in [9.17, 15) is 10.1 Å². The fourth-order valence-electron chi connectivity index (χ4n) is 1.40. The maximum atomic E-state index is 10.7. The van der Waals surface area contributed by atoms with Crippen LogP contribution in [0.3, 0.4) is 0 Å². The van der Waals surface area contributed by atoms with Gasteiger partial charge in [0.15, 0.2) is 0 Å². The monoisotopic (exact) mass is 233 g/mol. The van der Waals surface area contributed by atoms with Crippen LogP contribution in [0.25, 0.3) is 10.9 Å². The van der Waals surface area contributed by atoms with Crippen LogP contribution in [0.15, 0.2) is 24.4 Å². The van der Waals surface area contributed by atoms with Crippen LogP contribution in [-0.4, -0.2) is 9.91 Å². The topological polar surface area (TPSA) is 79.8 Å². The summed E-state index contributed by atoms with van der Waals surface area (Å²) in [5.41, 5.74) is 0.273. The summed E-state index contributed by atoms with van der Waals surface area (Å²) in [5.74, 6) is 0. The van der Waals surface area contributed by atoms with Crippen molar-refractivity contribution in [1.82, 2.24) is 4.98 Å². The smallest absolute Gasteiger partial charge is 0.258 e. The van der Waals surface area contributed by atoms with Crippen molar-refractivity contribution in [2.24, 2.45) is 0 Å². The molecule has 0 saturated heterocycles. The molecule has 6 heteroatoms. The van der Waals surface area contributed by atoms with Crippen LogP contribution in [-0.2, 0) is 0 Å². The fraction of sp³-hybridized carbons (Fsp3) is 0. The van der Waals surface area contributed by atoms with Gasteiger partial charge in [0.1, 0.15) is 11.6 Å². The first kappa shape index (κ1) is 10.3. The largest absolute Gasteiger partial charge is 0.295 e. The quantitative estimate of drug-likeness (QED) is 0.560. The van der Waals surface area contributed by atoms with Gasteiger partial charge in [0.25, 0.3) is 5.69 Å². The molecular weight excluding hydrogens is 230 g/mol. The molecule has 0 aliphatic heterocycles. The first-order chi connectivity index (χ1) is 7.65. The van der Waals surface area contributed by atoms with Crippen LogP contribution in [0.2, 0.25) is 5.02 Å². The van der Waals surface area contributed by atoms with E-state index in [2.05, 4.69) is 4.98 Å². The lowest BCUT2D eigenvalue weighted by Crippen LogP contribution is -1.92. The predicted octanol–water partition coefficient (Wildman–Crippen LogP) is 2.67. The molecule has 0 aliphatic carbocycles. The average Bonchev–Trinajstić information content (AvgIpc) is 2.29. The van der Waals surface area contributed by atoms with Crippen molar-refractivity contribution < 1.29 is 4.92 Å². The zero-order chi connectivity index (χ0) is 11.7. The van der Waals surface area contributed by atoms with Crippen LogP contribution in [0, 0.1) is 21.4 Å². The summed E-state index contributed by atoms with van der Waals surface area (Å²) >= 11 is 5.93. The minimum Gasteiger partial charge on any atom is -0.258 e. The van der Waals surface area contributed by atoms with Crippen molar-refractivity contribution in [3.63, 3.8) is 0 Å². The highest BCUT2D eigenvalue weighted by atomic mass is 35.5. The molecular formula is C10H4ClN3O2. The highest BCUT2D eigenvalue weighted by Crippen LogP contribution is 2.30. The van der Waals surface area contributed by atoms with Crippen LogP contribution >= 0.6 is 11.6 Å². The number of nitrogens with zero attached hydrogens (tertiary/aromatic N) is 3. The Balaban J connectivity index is 2.89. The number of nitro benzene ring substituents is 1. The molecule has 0 N–H and O–H groups in total. The molecule has 0 aliphatic rings. The van der Waals surface area contributed by atoms with E-state index < -0.39 is 4.92 Å². The Bertz CT molecular complexity index is 634. The van der Waals surface area contributed by atoms with E-state index in [0.29, 0.717) is 5.39 Å². The number of nitro groups is 1. The van der Waals surface area contributed by atoms with Gasteiger partial charge < -0.3 is 0 Å².